The molecule has 1 aromatic rings. The third-order valence-corrected chi connectivity index (χ3v) is 3.24. The van der Waals surface area contributed by atoms with Crippen molar-refractivity contribution in [3.63, 3.8) is 0 Å². The van der Waals surface area contributed by atoms with Gasteiger partial charge < -0.3 is 9.47 Å². The van der Waals surface area contributed by atoms with E-state index in [4.69, 9.17) is 9.47 Å². The van der Waals surface area contributed by atoms with E-state index in [2.05, 4.69) is 15.9 Å². The van der Waals surface area contributed by atoms with Gasteiger partial charge in [0.05, 0.1) is 18.1 Å². The topological polar surface area (TPSA) is 61.6 Å². The molecule has 0 amide bonds. The summed E-state index contributed by atoms with van der Waals surface area (Å²) in [6, 6.07) is 2.09. The lowest BCUT2D eigenvalue weighted by Crippen LogP contribution is -2.26. The Morgan fingerprint density at radius 2 is 2.11 bits per heavy atom. The standard InChI is InChI=1S/C11H11BrFNO4/c12-9-5-7(13)6-10(11(9)14(15)16)18-8-1-3-17-4-2-8/h5-6,8H,1-4H2. The van der Waals surface area contributed by atoms with Crippen molar-refractivity contribution in [3.05, 3.63) is 32.5 Å². The lowest BCUT2D eigenvalue weighted by molar-refractivity contribution is -0.387. The van der Waals surface area contributed by atoms with Gasteiger partial charge in [0.25, 0.3) is 0 Å². The summed E-state index contributed by atoms with van der Waals surface area (Å²) in [5.41, 5.74) is -0.247. The minimum Gasteiger partial charge on any atom is -0.483 e. The fourth-order valence-electron chi connectivity index (χ4n) is 1.78. The first-order valence-corrected chi connectivity index (χ1v) is 6.25. The molecule has 1 aromatic carbocycles. The van der Waals surface area contributed by atoms with Crippen molar-refractivity contribution in [1.82, 2.24) is 0 Å². The number of hydrogen-bond donors (Lipinski definition) is 0. The van der Waals surface area contributed by atoms with Gasteiger partial charge in [0, 0.05) is 18.9 Å². The van der Waals surface area contributed by atoms with E-state index < -0.39 is 10.7 Å². The van der Waals surface area contributed by atoms with Gasteiger partial charge in [0.1, 0.15) is 16.4 Å². The monoisotopic (exact) mass is 319 g/mol. The van der Waals surface area contributed by atoms with Gasteiger partial charge in [-0.3, -0.25) is 10.1 Å². The summed E-state index contributed by atoms with van der Waals surface area (Å²) in [7, 11) is 0. The van der Waals surface area contributed by atoms with Gasteiger partial charge in [0.2, 0.25) is 5.75 Å². The van der Waals surface area contributed by atoms with Crippen molar-refractivity contribution in [2.45, 2.75) is 18.9 Å². The van der Waals surface area contributed by atoms with Gasteiger partial charge >= 0.3 is 5.69 Å². The van der Waals surface area contributed by atoms with Crippen LogP contribution in [0.15, 0.2) is 16.6 Å². The van der Waals surface area contributed by atoms with E-state index in [1.54, 1.807) is 0 Å². The highest BCUT2D eigenvalue weighted by Crippen LogP contribution is 2.37. The van der Waals surface area contributed by atoms with E-state index in [0.717, 1.165) is 12.1 Å². The molecule has 1 fully saturated rings. The van der Waals surface area contributed by atoms with E-state index in [1.807, 2.05) is 0 Å². The summed E-state index contributed by atoms with van der Waals surface area (Å²) in [6.07, 6.45) is 1.11. The molecule has 7 heteroatoms. The molecule has 1 saturated heterocycles. The molecule has 0 atom stereocenters. The Balaban J connectivity index is 2.27. The minimum absolute atomic E-state index is 0.0428. The predicted octanol–water partition coefficient (Wildman–Crippen LogP) is 3.05. The van der Waals surface area contributed by atoms with Crippen molar-refractivity contribution in [2.24, 2.45) is 0 Å². The maximum Gasteiger partial charge on any atom is 0.325 e. The number of nitro benzene ring substituents is 1. The third kappa shape index (κ3) is 2.97. The van der Waals surface area contributed by atoms with Crippen molar-refractivity contribution < 1.29 is 18.8 Å². The maximum atomic E-state index is 13.3. The van der Waals surface area contributed by atoms with Crippen LogP contribution in [-0.4, -0.2) is 24.2 Å². The van der Waals surface area contributed by atoms with Gasteiger partial charge in [0.15, 0.2) is 0 Å². The Kier molecular flexibility index (Phi) is 4.13. The van der Waals surface area contributed by atoms with E-state index in [1.165, 1.54) is 0 Å². The SMILES string of the molecule is O=[N+]([O-])c1c(Br)cc(F)cc1OC1CCOCC1. The summed E-state index contributed by atoms with van der Waals surface area (Å²) in [6.45, 7) is 1.10. The summed E-state index contributed by atoms with van der Waals surface area (Å²) in [5.74, 6) is -0.617. The van der Waals surface area contributed by atoms with Crippen LogP contribution in [0.1, 0.15) is 12.8 Å². The van der Waals surface area contributed by atoms with Crippen LogP contribution in [0.2, 0.25) is 0 Å². The highest BCUT2D eigenvalue weighted by molar-refractivity contribution is 9.10. The lowest BCUT2D eigenvalue weighted by atomic mass is 10.1. The Bertz CT molecular complexity index is 463. The molecule has 98 valence electrons. The normalized spacial score (nSPS) is 16.6. The average molecular weight is 320 g/mol. The molecule has 0 spiro atoms. The van der Waals surface area contributed by atoms with Gasteiger partial charge in [-0.2, -0.15) is 0 Å². The fourth-order valence-corrected chi connectivity index (χ4v) is 2.34. The molecule has 1 aliphatic rings. The van der Waals surface area contributed by atoms with Crippen LogP contribution >= 0.6 is 15.9 Å². The zero-order chi connectivity index (χ0) is 13.1. The van der Waals surface area contributed by atoms with E-state index in [0.29, 0.717) is 26.1 Å². The van der Waals surface area contributed by atoms with Crippen LogP contribution in [0.5, 0.6) is 5.75 Å². The predicted molar refractivity (Wildman–Crippen MR) is 65.2 cm³/mol. The molecule has 1 aliphatic heterocycles. The van der Waals surface area contributed by atoms with Crippen molar-refractivity contribution in [3.8, 4) is 5.75 Å². The highest BCUT2D eigenvalue weighted by Gasteiger charge is 2.25. The molecule has 0 aliphatic carbocycles. The summed E-state index contributed by atoms with van der Waals surface area (Å²) < 4.78 is 24.0. The zero-order valence-electron chi connectivity index (χ0n) is 9.40. The molecule has 0 radical (unpaired) electrons. The van der Waals surface area contributed by atoms with Gasteiger partial charge in [-0.05, 0) is 22.0 Å². The van der Waals surface area contributed by atoms with Crippen LogP contribution in [0, 0.1) is 15.9 Å². The second kappa shape index (κ2) is 5.62. The second-order valence-corrected chi connectivity index (χ2v) is 4.78. The Morgan fingerprint density at radius 1 is 1.44 bits per heavy atom. The first-order valence-electron chi connectivity index (χ1n) is 5.46. The van der Waals surface area contributed by atoms with Crippen molar-refractivity contribution in [2.75, 3.05) is 13.2 Å². The quantitative estimate of drug-likeness (QED) is 0.634. The smallest absolute Gasteiger partial charge is 0.325 e. The molecular weight excluding hydrogens is 309 g/mol. The fraction of sp³-hybridized carbons (Fsp3) is 0.455. The number of rotatable bonds is 3. The molecule has 0 N–H and O–H groups in total. The van der Waals surface area contributed by atoms with Crippen LogP contribution in [0.25, 0.3) is 0 Å². The summed E-state index contributed by atoms with van der Waals surface area (Å²) in [5, 5.41) is 10.9. The van der Waals surface area contributed by atoms with Gasteiger partial charge in [-0.25, -0.2) is 4.39 Å². The number of nitrogens with zero attached hydrogens (tertiary/aromatic N) is 1. The second-order valence-electron chi connectivity index (χ2n) is 3.92. The third-order valence-electron chi connectivity index (χ3n) is 2.64. The van der Waals surface area contributed by atoms with Crippen LogP contribution in [-0.2, 0) is 4.74 Å². The van der Waals surface area contributed by atoms with Crippen LogP contribution in [0.3, 0.4) is 0 Å². The number of hydrogen-bond acceptors (Lipinski definition) is 4. The molecule has 0 unspecified atom stereocenters. The summed E-state index contributed by atoms with van der Waals surface area (Å²) in [4.78, 5) is 10.4. The first-order chi connectivity index (χ1) is 8.58. The van der Waals surface area contributed by atoms with Crippen molar-refractivity contribution >= 4 is 21.6 Å². The largest absolute Gasteiger partial charge is 0.483 e. The molecule has 1 heterocycles. The molecule has 0 aromatic heterocycles. The molecule has 5 nitrogen and oxygen atoms in total. The molecule has 0 bridgehead atoms. The molecule has 0 saturated carbocycles. The van der Waals surface area contributed by atoms with Crippen LogP contribution in [0.4, 0.5) is 10.1 Å². The number of halogens is 2. The van der Waals surface area contributed by atoms with Crippen LogP contribution < -0.4 is 4.74 Å². The first kappa shape index (κ1) is 13.2. The van der Waals surface area contributed by atoms with E-state index in [9.17, 15) is 14.5 Å². The highest BCUT2D eigenvalue weighted by atomic mass is 79.9. The van der Waals surface area contributed by atoms with E-state index >= 15 is 0 Å². The number of nitro groups is 1. The lowest BCUT2D eigenvalue weighted by Gasteiger charge is -2.23. The zero-order valence-corrected chi connectivity index (χ0v) is 11.0. The van der Waals surface area contributed by atoms with E-state index in [-0.39, 0.29) is 22.0 Å². The van der Waals surface area contributed by atoms with Gasteiger partial charge in [-0.15, -0.1) is 0 Å². The molecular formula is C11H11BrFNO4. The molecule has 18 heavy (non-hydrogen) atoms. The molecule has 2 rings (SSSR count). The number of ether oxygens (including phenoxy) is 2. The Morgan fingerprint density at radius 3 is 2.72 bits per heavy atom. The summed E-state index contributed by atoms with van der Waals surface area (Å²) >= 11 is 2.98. The Hall–Kier alpha value is -1.21. The minimum atomic E-state index is -0.585. The number of benzene rings is 1. The Labute approximate surface area is 111 Å². The van der Waals surface area contributed by atoms with Crippen molar-refractivity contribution in [1.29, 1.82) is 0 Å². The average Bonchev–Trinajstić information content (AvgIpc) is 2.28. The van der Waals surface area contributed by atoms with Gasteiger partial charge in [-0.1, -0.05) is 0 Å². The maximum absolute atomic E-state index is 13.3.